The van der Waals surface area contributed by atoms with E-state index in [0.717, 1.165) is 57.1 Å². The minimum absolute atomic E-state index is 0.118. The Kier molecular flexibility index (Phi) is 8.07. The summed E-state index contributed by atoms with van der Waals surface area (Å²) in [6.45, 7) is 7.62. The first kappa shape index (κ1) is 29.8. The van der Waals surface area contributed by atoms with Crippen LogP contribution in [0.5, 0.6) is 0 Å². The smallest absolute Gasteiger partial charge is 0.347 e. The highest BCUT2D eigenvalue weighted by molar-refractivity contribution is 5.91. The predicted molar refractivity (Wildman–Crippen MR) is 163 cm³/mol. The number of nitrogens with one attached hydrogen (secondary N) is 1. The molecule has 232 valence electrons. The zero-order chi connectivity index (χ0) is 29.8. The Morgan fingerprint density at radius 1 is 1.00 bits per heavy atom. The van der Waals surface area contributed by atoms with Crippen LogP contribution in [0.1, 0.15) is 104 Å². The highest BCUT2D eigenvalue weighted by atomic mass is 16.7. The number of ketones is 1. The van der Waals surface area contributed by atoms with E-state index in [2.05, 4.69) is 31.2 Å². The second-order valence-electron chi connectivity index (χ2n) is 15.2. The molecule has 1 heterocycles. The van der Waals surface area contributed by atoms with Gasteiger partial charge in [0.2, 0.25) is 5.91 Å². The molecular formula is C34H52N4O4. The van der Waals surface area contributed by atoms with Gasteiger partial charge >= 0.3 is 6.09 Å². The number of fused-ring (bicyclic) bond motifs is 5. The van der Waals surface area contributed by atoms with Gasteiger partial charge in [-0.15, -0.1) is 0 Å². The van der Waals surface area contributed by atoms with Gasteiger partial charge in [-0.1, -0.05) is 24.6 Å². The highest BCUT2D eigenvalue weighted by Crippen LogP contribution is 2.66. The zero-order valence-electron chi connectivity index (χ0n) is 26.5. The molecule has 8 heteroatoms. The van der Waals surface area contributed by atoms with Crippen molar-refractivity contribution in [3.05, 3.63) is 11.6 Å². The number of carbonyl (C=O) groups excluding carboxylic acids is 3. The van der Waals surface area contributed by atoms with E-state index < -0.39 is 0 Å². The lowest BCUT2D eigenvalue weighted by atomic mass is 9.46. The SMILES string of the molecule is C/C(=N\OC(=O)N(CCC1CCC(C(=O)N(C)C)N1)C1CC1)[C@H]1CC[C@H]2[C@@H]3CCC4=CC(=O)CC[C@]4(C)[C@H]3CC[C@]12C. The van der Waals surface area contributed by atoms with Crippen molar-refractivity contribution in [3.8, 4) is 0 Å². The summed E-state index contributed by atoms with van der Waals surface area (Å²) in [6.07, 6.45) is 15.1. The summed E-state index contributed by atoms with van der Waals surface area (Å²) in [5.74, 6) is 2.85. The van der Waals surface area contributed by atoms with Gasteiger partial charge < -0.3 is 15.1 Å². The van der Waals surface area contributed by atoms with Crippen LogP contribution >= 0.6 is 0 Å². The topological polar surface area (TPSA) is 91.3 Å². The Hall–Kier alpha value is -2.22. The maximum atomic E-state index is 13.2. The Balaban J connectivity index is 1.06. The van der Waals surface area contributed by atoms with Gasteiger partial charge in [-0.25, -0.2) is 4.79 Å². The summed E-state index contributed by atoms with van der Waals surface area (Å²) in [5, 5.41) is 7.98. The molecule has 0 aromatic carbocycles. The van der Waals surface area contributed by atoms with Crippen molar-refractivity contribution in [2.24, 2.45) is 39.7 Å². The van der Waals surface area contributed by atoms with Crippen molar-refractivity contribution in [2.75, 3.05) is 20.6 Å². The number of allylic oxidation sites excluding steroid dienone is 1. The van der Waals surface area contributed by atoms with E-state index >= 15 is 0 Å². The van der Waals surface area contributed by atoms with E-state index in [0.29, 0.717) is 42.4 Å². The van der Waals surface area contributed by atoms with Crippen LogP contribution in [-0.4, -0.2) is 72.1 Å². The number of rotatable bonds is 7. The molecule has 5 fully saturated rings. The molecule has 1 saturated heterocycles. The zero-order valence-corrected chi connectivity index (χ0v) is 26.5. The van der Waals surface area contributed by atoms with Gasteiger partial charge in [0, 0.05) is 45.1 Å². The largest absolute Gasteiger partial charge is 0.436 e. The Bertz CT molecular complexity index is 1160. The Labute approximate surface area is 252 Å². The van der Waals surface area contributed by atoms with Crippen LogP contribution in [0.4, 0.5) is 4.79 Å². The average Bonchev–Trinajstić information content (AvgIpc) is 3.57. The first-order chi connectivity index (χ1) is 20.0. The summed E-state index contributed by atoms with van der Waals surface area (Å²) < 4.78 is 0. The van der Waals surface area contributed by atoms with Gasteiger partial charge in [0.1, 0.15) is 0 Å². The van der Waals surface area contributed by atoms with Crippen LogP contribution in [0.25, 0.3) is 0 Å². The third-order valence-corrected chi connectivity index (χ3v) is 12.7. The Morgan fingerprint density at radius 3 is 2.52 bits per heavy atom. The predicted octanol–water partition coefficient (Wildman–Crippen LogP) is 5.71. The summed E-state index contributed by atoms with van der Waals surface area (Å²) in [7, 11) is 3.59. The fourth-order valence-electron chi connectivity index (χ4n) is 10.1. The quantitative estimate of drug-likeness (QED) is 0.237. The maximum Gasteiger partial charge on any atom is 0.436 e. The number of oxime groups is 1. The van der Waals surface area contributed by atoms with Gasteiger partial charge in [0.25, 0.3) is 0 Å². The minimum Gasteiger partial charge on any atom is -0.347 e. The van der Waals surface area contributed by atoms with Crippen LogP contribution in [-0.2, 0) is 14.4 Å². The van der Waals surface area contributed by atoms with Crippen LogP contribution in [0, 0.1) is 34.5 Å². The fraction of sp³-hybridized carbons (Fsp3) is 0.824. The number of carbonyl (C=O) groups is 3. The van der Waals surface area contributed by atoms with Crippen LogP contribution in [0.3, 0.4) is 0 Å². The molecular weight excluding hydrogens is 528 g/mol. The molecule has 6 rings (SSSR count). The molecule has 4 saturated carbocycles. The molecule has 6 aliphatic rings. The molecule has 2 amide bonds. The van der Waals surface area contributed by atoms with Gasteiger partial charge in [0.15, 0.2) is 5.78 Å². The first-order valence-corrected chi connectivity index (χ1v) is 16.7. The molecule has 8 nitrogen and oxygen atoms in total. The Morgan fingerprint density at radius 2 is 1.79 bits per heavy atom. The van der Waals surface area contributed by atoms with Crippen LogP contribution in [0.2, 0.25) is 0 Å². The molecule has 42 heavy (non-hydrogen) atoms. The van der Waals surface area contributed by atoms with Crippen LogP contribution in [0.15, 0.2) is 16.8 Å². The van der Waals surface area contributed by atoms with E-state index in [9.17, 15) is 14.4 Å². The average molecular weight is 581 g/mol. The van der Waals surface area contributed by atoms with Gasteiger partial charge in [0.05, 0.1) is 11.8 Å². The van der Waals surface area contributed by atoms with E-state index in [1.807, 2.05) is 11.0 Å². The van der Waals surface area contributed by atoms with E-state index in [1.165, 1.54) is 31.3 Å². The van der Waals surface area contributed by atoms with E-state index in [1.54, 1.807) is 19.0 Å². The standard InChI is InChI=1S/C34H52N4O4/c1-21(36-42-32(41)38(24-8-9-24)19-16-23-7-13-30(35-23)31(40)37(4)5)27-11-12-28-26-10-6-22-20-25(39)14-17-33(22,2)29(26)15-18-34(27,28)3/h20,23-24,26-30,35H,6-19H2,1-5H3/b36-21+/t23?,26-,27+,28-,29-,30?,33-,34+/m0/s1. The summed E-state index contributed by atoms with van der Waals surface area (Å²) >= 11 is 0. The normalized spacial score (nSPS) is 39.6. The lowest BCUT2D eigenvalue weighted by Gasteiger charge is -2.58. The number of amides is 2. The second-order valence-corrected chi connectivity index (χ2v) is 15.2. The molecule has 1 aliphatic heterocycles. The number of hydrogen-bond donors (Lipinski definition) is 1. The molecule has 0 spiro atoms. The lowest BCUT2D eigenvalue weighted by Crippen LogP contribution is -2.51. The van der Waals surface area contributed by atoms with Crippen molar-refractivity contribution in [3.63, 3.8) is 0 Å². The van der Waals surface area contributed by atoms with Crippen molar-refractivity contribution in [2.45, 2.75) is 122 Å². The minimum atomic E-state index is -0.328. The second kappa shape index (κ2) is 11.4. The first-order valence-electron chi connectivity index (χ1n) is 16.7. The summed E-state index contributed by atoms with van der Waals surface area (Å²) in [6, 6.07) is 0.373. The van der Waals surface area contributed by atoms with Gasteiger partial charge in [-0.3, -0.25) is 14.4 Å². The monoisotopic (exact) mass is 580 g/mol. The summed E-state index contributed by atoms with van der Waals surface area (Å²) in [5.41, 5.74) is 2.77. The van der Waals surface area contributed by atoms with Crippen molar-refractivity contribution >= 4 is 23.5 Å². The van der Waals surface area contributed by atoms with E-state index in [-0.39, 0.29) is 41.0 Å². The molecule has 2 unspecified atom stereocenters. The van der Waals surface area contributed by atoms with Gasteiger partial charge in [-0.05, 0) is 119 Å². The van der Waals surface area contributed by atoms with Crippen molar-refractivity contribution in [1.82, 2.24) is 15.1 Å². The van der Waals surface area contributed by atoms with Crippen molar-refractivity contribution < 1.29 is 19.2 Å². The molecule has 0 radical (unpaired) electrons. The van der Waals surface area contributed by atoms with E-state index in [4.69, 9.17) is 4.84 Å². The van der Waals surface area contributed by atoms with Crippen LogP contribution < -0.4 is 5.32 Å². The summed E-state index contributed by atoms with van der Waals surface area (Å²) in [4.78, 5) is 46.9. The molecule has 1 N–H and O–H groups in total. The van der Waals surface area contributed by atoms with Crippen molar-refractivity contribution in [1.29, 1.82) is 0 Å². The molecule has 0 aromatic rings. The number of nitrogens with zero attached hydrogens (tertiary/aromatic N) is 3. The molecule has 8 atom stereocenters. The van der Waals surface area contributed by atoms with Gasteiger partial charge in [-0.2, -0.15) is 0 Å². The fourth-order valence-corrected chi connectivity index (χ4v) is 10.1. The maximum absolute atomic E-state index is 13.2. The number of likely N-dealkylation sites (N-methyl/N-ethyl adjacent to an activating group) is 1. The third-order valence-electron chi connectivity index (χ3n) is 12.7. The number of hydrogen-bond acceptors (Lipinski definition) is 6. The lowest BCUT2D eigenvalue weighted by molar-refractivity contribution is -0.130. The molecule has 0 aromatic heterocycles. The third kappa shape index (κ3) is 5.35. The highest BCUT2D eigenvalue weighted by Gasteiger charge is 2.59. The molecule has 5 aliphatic carbocycles. The molecule has 0 bridgehead atoms.